The van der Waals surface area contributed by atoms with Gasteiger partial charge in [0.2, 0.25) is 0 Å². The molecule has 2 aromatic rings. The Morgan fingerprint density at radius 1 is 1.50 bits per heavy atom. The summed E-state index contributed by atoms with van der Waals surface area (Å²) in [7, 11) is 3.50. The average molecular weight is 265 g/mol. The fraction of sp³-hybridized carbons (Fsp3) is 0.200. The molecule has 0 saturated heterocycles. The molecule has 0 amide bonds. The van der Waals surface area contributed by atoms with Crippen LogP contribution in [0.15, 0.2) is 34.4 Å². The molecule has 18 heavy (non-hydrogen) atoms. The quantitative estimate of drug-likeness (QED) is 0.671. The van der Waals surface area contributed by atoms with Gasteiger partial charge in [-0.2, -0.15) is 5.10 Å². The SMILES string of the molecule is CNc1ccc([N+](=O)[O-])c(Sc2cnn(C)c2)n1. The maximum atomic E-state index is 10.9. The summed E-state index contributed by atoms with van der Waals surface area (Å²) in [5, 5.41) is 18.1. The third kappa shape index (κ3) is 2.59. The highest BCUT2D eigenvalue weighted by Gasteiger charge is 2.17. The van der Waals surface area contributed by atoms with Crippen molar-refractivity contribution < 1.29 is 4.92 Å². The summed E-state index contributed by atoms with van der Waals surface area (Å²) in [4.78, 5) is 15.5. The Bertz CT molecular complexity index is 583. The molecule has 0 aromatic carbocycles. The minimum absolute atomic E-state index is 0.0112. The predicted molar refractivity (Wildman–Crippen MR) is 67.8 cm³/mol. The number of aromatic nitrogens is 3. The Morgan fingerprint density at radius 2 is 2.28 bits per heavy atom. The van der Waals surface area contributed by atoms with Gasteiger partial charge in [0.1, 0.15) is 5.82 Å². The van der Waals surface area contributed by atoms with Crippen molar-refractivity contribution in [2.24, 2.45) is 7.05 Å². The molecule has 0 fully saturated rings. The summed E-state index contributed by atoms with van der Waals surface area (Å²) in [6.45, 7) is 0. The van der Waals surface area contributed by atoms with Crippen LogP contribution in [-0.4, -0.2) is 26.7 Å². The first kappa shape index (κ1) is 12.4. The Labute approximate surface area is 107 Å². The Hall–Kier alpha value is -2.09. The number of hydrogen-bond donors (Lipinski definition) is 1. The number of nitro groups is 1. The largest absolute Gasteiger partial charge is 0.373 e. The third-order valence-electron chi connectivity index (χ3n) is 2.19. The fourth-order valence-corrected chi connectivity index (χ4v) is 2.27. The summed E-state index contributed by atoms with van der Waals surface area (Å²) < 4.78 is 1.64. The fourth-order valence-electron chi connectivity index (χ4n) is 1.35. The number of nitrogens with one attached hydrogen (secondary N) is 1. The predicted octanol–water partition coefficient (Wildman–Crippen LogP) is 1.92. The van der Waals surface area contributed by atoms with Gasteiger partial charge < -0.3 is 5.32 Å². The van der Waals surface area contributed by atoms with Crippen LogP contribution in [0.3, 0.4) is 0 Å². The third-order valence-corrected chi connectivity index (χ3v) is 3.13. The highest BCUT2D eigenvalue weighted by molar-refractivity contribution is 7.99. The van der Waals surface area contributed by atoms with E-state index in [1.54, 1.807) is 37.2 Å². The maximum absolute atomic E-state index is 10.9. The first-order valence-electron chi connectivity index (χ1n) is 5.10. The highest BCUT2D eigenvalue weighted by Crippen LogP contribution is 2.33. The summed E-state index contributed by atoms with van der Waals surface area (Å²) in [6.07, 6.45) is 3.42. The van der Waals surface area contributed by atoms with E-state index < -0.39 is 4.92 Å². The van der Waals surface area contributed by atoms with Crippen LogP contribution in [-0.2, 0) is 7.05 Å². The van der Waals surface area contributed by atoms with Crippen molar-refractivity contribution in [3.05, 3.63) is 34.6 Å². The van der Waals surface area contributed by atoms with Gasteiger partial charge in [-0.15, -0.1) is 0 Å². The lowest BCUT2D eigenvalue weighted by Gasteiger charge is -2.03. The number of aryl methyl sites for hydroxylation is 1. The molecule has 94 valence electrons. The number of hydrogen-bond acceptors (Lipinski definition) is 6. The van der Waals surface area contributed by atoms with E-state index in [-0.39, 0.29) is 5.69 Å². The first-order valence-corrected chi connectivity index (χ1v) is 5.91. The van der Waals surface area contributed by atoms with E-state index in [1.165, 1.54) is 17.8 Å². The molecule has 2 rings (SSSR count). The second-order valence-corrected chi connectivity index (χ2v) is 4.54. The van der Waals surface area contributed by atoms with Gasteiger partial charge >= 0.3 is 5.69 Å². The van der Waals surface area contributed by atoms with E-state index in [1.807, 2.05) is 0 Å². The van der Waals surface area contributed by atoms with Gasteiger partial charge in [-0.1, -0.05) is 11.8 Å². The summed E-state index contributed by atoms with van der Waals surface area (Å²) in [5.41, 5.74) is -0.0112. The molecule has 2 heterocycles. The molecule has 0 radical (unpaired) electrons. The van der Waals surface area contributed by atoms with Gasteiger partial charge in [-0.05, 0) is 6.07 Å². The summed E-state index contributed by atoms with van der Waals surface area (Å²) in [5.74, 6) is 0.590. The molecule has 0 aliphatic rings. The maximum Gasteiger partial charge on any atom is 0.301 e. The van der Waals surface area contributed by atoms with Crippen LogP contribution < -0.4 is 5.32 Å². The summed E-state index contributed by atoms with van der Waals surface area (Å²) in [6, 6.07) is 3.02. The zero-order chi connectivity index (χ0) is 13.1. The lowest BCUT2D eigenvalue weighted by atomic mass is 10.4. The minimum Gasteiger partial charge on any atom is -0.373 e. The molecule has 0 atom stereocenters. The monoisotopic (exact) mass is 265 g/mol. The van der Waals surface area contributed by atoms with Crippen LogP contribution in [0.4, 0.5) is 11.5 Å². The highest BCUT2D eigenvalue weighted by atomic mass is 32.2. The van der Waals surface area contributed by atoms with Crippen LogP contribution in [0.5, 0.6) is 0 Å². The second kappa shape index (κ2) is 5.05. The average Bonchev–Trinajstić information content (AvgIpc) is 2.74. The van der Waals surface area contributed by atoms with Gasteiger partial charge in [-0.25, -0.2) is 4.98 Å². The standard InChI is InChI=1S/C10H11N5O2S/c1-11-9-4-3-8(15(16)17)10(13-9)18-7-5-12-14(2)6-7/h3-6H,1-2H3,(H,11,13). The minimum atomic E-state index is -0.439. The van der Waals surface area contributed by atoms with E-state index in [0.717, 1.165) is 4.90 Å². The van der Waals surface area contributed by atoms with E-state index in [0.29, 0.717) is 10.8 Å². The molecule has 0 aliphatic carbocycles. The number of anilines is 1. The molecule has 0 bridgehead atoms. The van der Waals surface area contributed by atoms with Crippen molar-refractivity contribution in [2.45, 2.75) is 9.92 Å². The van der Waals surface area contributed by atoms with Crippen molar-refractivity contribution in [2.75, 3.05) is 12.4 Å². The number of nitrogens with zero attached hydrogens (tertiary/aromatic N) is 4. The van der Waals surface area contributed by atoms with Crippen molar-refractivity contribution in [3.63, 3.8) is 0 Å². The van der Waals surface area contributed by atoms with E-state index in [4.69, 9.17) is 0 Å². The Balaban J connectivity index is 2.37. The molecular weight excluding hydrogens is 254 g/mol. The molecule has 8 heteroatoms. The van der Waals surface area contributed by atoms with Crippen molar-refractivity contribution in [1.29, 1.82) is 0 Å². The molecule has 0 aliphatic heterocycles. The lowest BCUT2D eigenvalue weighted by Crippen LogP contribution is -1.97. The molecule has 2 aromatic heterocycles. The number of rotatable bonds is 4. The lowest BCUT2D eigenvalue weighted by molar-refractivity contribution is -0.388. The second-order valence-electron chi connectivity index (χ2n) is 3.48. The van der Waals surface area contributed by atoms with Crippen LogP contribution >= 0.6 is 11.8 Å². The van der Waals surface area contributed by atoms with Gasteiger partial charge in [0.15, 0.2) is 5.03 Å². The molecule has 0 unspecified atom stereocenters. The van der Waals surface area contributed by atoms with Crippen molar-refractivity contribution in [1.82, 2.24) is 14.8 Å². The van der Waals surface area contributed by atoms with Crippen molar-refractivity contribution >= 4 is 23.3 Å². The normalized spacial score (nSPS) is 10.3. The zero-order valence-electron chi connectivity index (χ0n) is 9.82. The van der Waals surface area contributed by atoms with E-state index in [9.17, 15) is 10.1 Å². The van der Waals surface area contributed by atoms with Crippen LogP contribution in [0.25, 0.3) is 0 Å². The van der Waals surface area contributed by atoms with Crippen LogP contribution in [0.2, 0.25) is 0 Å². The molecule has 0 saturated carbocycles. The van der Waals surface area contributed by atoms with Gasteiger partial charge in [-0.3, -0.25) is 14.8 Å². The molecule has 1 N–H and O–H groups in total. The van der Waals surface area contributed by atoms with E-state index in [2.05, 4.69) is 15.4 Å². The molecule has 0 spiro atoms. The van der Waals surface area contributed by atoms with E-state index >= 15 is 0 Å². The number of pyridine rings is 1. The van der Waals surface area contributed by atoms with Crippen molar-refractivity contribution in [3.8, 4) is 0 Å². The van der Waals surface area contributed by atoms with Gasteiger partial charge in [0.25, 0.3) is 0 Å². The Morgan fingerprint density at radius 3 is 2.83 bits per heavy atom. The summed E-state index contributed by atoms with van der Waals surface area (Å²) >= 11 is 1.22. The molecule has 7 nitrogen and oxygen atoms in total. The van der Waals surface area contributed by atoms with Crippen LogP contribution in [0.1, 0.15) is 0 Å². The zero-order valence-corrected chi connectivity index (χ0v) is 10.6. The smallest absolute Gasteiger partial charge is 0.301 e. The van der Waals surface area contributed by atoms with Crippen LogP contribution in [0, 0.1) is 10.1 Å². The first-order chi connectivity index (χ1) is 8.60. The Kier molecular flexibility index (Phi) is 3.47. The topological polar surface area (TPSA) is 85.9 Å². The molecular formula is C10H11N5O2S. The van der Waals surface area contributed by atoms with Gasteiger partial charge in [0, 0.05) is 26.4 Å². The van der Waals surface area contributed by atoms with Gasteiger partial charge in [0.05, 0.1) is 16.0 Å².